The van der Waals surface area contributed by atoms with Crippen LogP contribution in [0, 0.1) is 10.1 Å². The summed E-state index contributed by atoms with van der Waals surface area (Å²) in [5, 5.41) is 10.8. The van der Waals surface area contributed by atoms with Crippen molar-refractivity contribution in [2.45, 2.75) is 12.8 Å². The molecule has 1 aliphatic heterocycles. The monoisotopic (exact) mass is 307 g/mol. The van der Waals surface area contributed by atoms with Crippen molar-refractivity contribution in [1.82, 2.24) is 19.4 Å². The first-order valence-electron chi connectivity index (χ1n) is 7.21. The van der Waals surface area contributed by atoms with E-state index in [1.165, 1.54) is 10.8 Å². The molecule has 1 amide bonds. The molecule has 8 nitrogen and oxygen atoms in total. The summed E-state index contributed by atoms with van der Waals surface area (Å²) in [6, 6.07) is 0. The van der Waals surface area contributed by atoms with E-state index in [9.17, 15) is 14.9 Å². The molecule has 0 bridgehead atoms. The molecule has 0 saturated carbocycles. The number of likely N-dealkylation sites (tertiary alicyclic amines) is 1. The summed E-state index contributed by atoms with van der Waals surface area (Å²) in [5.41, 5.74) is 0.661. The molecule has 1 fully saturated rings. The number of imidazole rings is 1. The highest BCUT2D eigenvalue weighted by atomic mass is 16.6. The Morgan fingerprint density at radius 3 is 2.82 bits per heavy atom. The lowest BCUT2D eigenvalue weighted by atomic mass is 10.2. The van der Waals surface area contributed by atoms with Gasteiger partial charge in [-0.1, -0.05) is 0 Å². The van der Waals surface area contributed by atoms with Crippen LogP contribution in [0.15, 0.2) is 11.8 Å². The molecule has 1 saturated heterocycles. The smallest absolute Gasteiger partial charge is 0.342 e. The molecule has 0 spiro atoms. The van der Waals surface area contributed by atoms with Crippen LogP contribution < -0.4 is 0 Å². The van der Waals surface area contributed by atoms with Crippen molar-refractivity contribution in [2.24, 2.45) is 7.05 Å². The Labute approximate surface area is 129 Å². The van der Waals surface area contributed by atoms with Crippen molar-refractivity contribution in [2.75, 3.05) is 33.7 Å². The van der Waals surface area contributed by atoms with Crippen LogP contribution in [-0.4, -0.2) is 63.9 Å². The quantitative estimate of drug-likeness (QED) is 0.443. The van der Waals surface area contributed by atoms with E-state index in [0.717, 1.165) is 19.5 Å². The number of nitro groups is 1. The largest absolute Gasteiger partial charge is 0.358 e. The fraction of sp³-hybridized carbons (Fsp3) is 0.571. The second-order valence-corrected chi connectivity index (χ2v) is 5.66. The van der Waals surface area contributed by atoms with Gasteiger partial charge in [0.25, 0.3) is 0 Å². The first kappa shape index (κ1) is 16.2. The van der Waals surface area contributed by atoms with E-state index in [0.29, 0.717) is 24.4 Å². The van der Waals surface area contributed by atoms with Crippen molar-refractivity contribution in [3.63, 3.8) is 0 Å². The SMILES string of the molecule is CN(C)CCCN1CC/C(=C/c2ncc([N+](=O)[O-])n2C)C1=O. The fourth-order valence-corrected chi connectivity index (χ4v) is 2.47. The molecule has 1 aromatic heterocycles. The minimum absolute atomic E-state index is 0.00408. The summed E-state index contributed by atoms with van der Waals surface area (Å²) in [4.78, 5) is 30.6. The molecule has 2 heterocycles. The molecule has 0 aromatic carbocycles. The average molecular weight is 307 g/mol. The summed E-state index contributed by atoms with van der Waals surface area (Å²) < 4.78 is 1.38. The zero-order valence-electron chi connectivity index (χ0n) is 13.2. The maximum absolute atomic E-state index is 12.3. The van der Waals surface area contributed by atoms with Crippen molar-refractivity contribution in [3.05, 3.63) is 27.7 Å². The van der Waals surface area contributed by atoms with Gasteiger partial charge in [0.05, 0.1) is 7.05 Å². The standard InChI is InChI=1S/C14H21N5O3/c1-16(2)6-4-7-18-8-5-11(14(18)20)9-12-15-10-13(17(12)3)19(21)22/h9-10H,4-8H2,1-3H3/b11-9-. The minimum atomic E-state index is -0.487. The number of carbonyl (C=O) groups is 1. The van der Waals surface area contributed by atoms with Crippen LogP contribution in [0.1, 0.15) is 18.7 Å². The van der Waals surface area contributed by atoms with E-state index < -0.39 is 4.92 Å². The van der Waals surface area contributed by atoms with Gasteiger partial charge in [0.2, 0.25) is 11.7 Å². The predicted molar refractivity (Wildman–Crippen MR) is 82.2 cm³/mol. The summed E-state index contributed by atoms with van der Waals surface area (Å²) in [7, 11) is 5.59. The highest BCUT2D eigenvalue weighted by Crippen LogP contribution is 2.21. The number of amides is 1. The highest BCUT2D eigenvalue weighted by Gasteiger charge is 2.26. The second-order valence-electron chi connectivity index (χ2n) is 5.66. The Balaban J connectivity index is 2.04. The zero-order valence-corrected chi connectivity index (χ0v) is 13.2. The van der Waals surface area contributed by atoms with Crippen LogP contribution >= 0.6 is 0 Å². The highest BCUT2D eigenvalue weighted by molar-refractivity contribution is 5.99. The molecular weight excluding hydrogens is 286 g/mol. The van der Waals surface area contributed by atoms with E-state index in [2.05, 4.69) is 9.88 Å². The van der Waals surface area contributed by atoms with Crippen LogP contribution in [0.4, 0.5) is 5.82 Å². The van der Waals surface area contributed by atoms with Crippen molar-refractivity contribution in [3.8, 4) is 0 Å². The summed E-state index contributed by atoms with van der Waals surface area (Å²) >= 11 is 0. The van der Waals surface area contributed by atoms with E-state index in [1.807, 2.05) is 19.0 Å². The molecule has 0 N–H and O–H groups in total. The van der Waals surface area contributed by atoms with Gasteiger partial charge in [-0.2, -0.15) is 0 Å². The third-order valence-electron chi connectivity index (χ3n) is 3.74. The van der Waals surface area contributed by atoms with E-state index in [1.54, 1.807) is 13.1 Å². The number of nitrogens with zero attached hydrogens (tertiary/aromatic N) is 5. The van der Waals surface area contributed by atoms with Crippen LogP contribution in [0.5, 0.6) is 0 Å². The van der Waals surface area contributed by atoms with Gasteiger partial charge in [0.1, 0.15) is 6.20 Å². The third-order valence-corrected chi connectivity index (χ3v) is 3.74. The van der Waals surface area contributed by atoms with Crippen LogP contribution in [0.25, 0.3) is 6.08 Å². The van der Waals surface area contributed by atoms with E-state index in [-0.39, 0.29) is 11.7 Å². The number of aromatic nitrogens is 2. The lowest BCUT2D eigenvalue weighted by Gasteiger charge is -2.16. The maximum Gasteiger partial charge on any atom is 0.342 e. The number of carbonyl (C=O) groups excluding carboxylic acids is 1. The molecule has 2 rings (SSSR count). The van der Waals surface area contributed by atoms with Gasteiger partial charge < -0.3 is 19.9 Å². The van der Waals surface area contributed by atoms with Crippen LogP contribution in [-0.2, 0) is 11.8 Å². The third kappa shape index (κ3) is 3.51. The van der Waals surface area contributed by atoms with Gasteiger partial charge in [-0.15, -0.1) is 0 Å². The molecule has 1 aliphatic rings. The second kappa shape index (κ2) is 6.69. The number of hydrogen-bond acceptors (Lipinski definition) is 5. The van der Waals surface area contributed by atoms with Gasteiger partial charge in [0.15, 0.2) is 0 Å². The van der Waals surface area contributed by atoms with Gasteiger partial charge in [-0.25, -0.2) is 9.55 Å². The summed E-state index contributed by atoms with van der Waals surface area (Å²) in [6.45, 7) is 2.37. The van der Waals surface area contributed by atoms with Gasteiger partial charge in [-0.05, 0) is 38.4 Å². The Morgan fingerprint density at radius 1 is 1.50 bits per heavy atom. The van der Waals surface area contributed by atoms with Crippen molar-refractivity contribution >= 4 is 17.8 Å². The summed E-state index contributed by atoms with van der Waals surface area (Å²) in [6.07, 6.45) is 4.45. The Morgan fingerprint density at radius 2 is 2.23 bits per heavy atom. The molecular formula is C14H21N5O3. The molecule has 0 unspecified atom stereocenters. The minimum Gasteiger partial charge on any atom is -0.358 e. The van der Waals surface area contributed by atoms with E-state index >= 15 is 0 Å². The van der Waals surface area contributed by atoms with Crippen molar-refractivity contribution < 1.29 is 9.72 Å². The summed E-state index contributed by atoms with van der Waals surface area (Å²) in [5.74, 6) is 0.356. The van der Waals surface area contributed by atoms with Crippen LogP contribution in [0.2, 0.25) is 0 Å². The topological polar surface area (TPSA) is 84.5 Å². The van der Waals surface area contributed by atoms with Crippen LogP contribution in [0.3, 0.4) is 0 Å². The molecule has 0 aliphatic carbocycles. The molecule has 1 aromatic rings. The number of hydrogen-bond donors (Lipinski definition) is 0. The molecule has 22 heavy (non-hydrogen) atoms. The van der Waals surface area contributed by atoms with Crippen molar-refractivity contribution in [1.29, 1.82) is 0 Å². The fourth-order valence-electron chi connectivity index (χ4n) is 2.47. The maximum atomic E-state index is 12.3. The Kier molecular flexibility index (Phi) is 4.92. The van der Waals surface area contributed by atoms with Gasteiger partial charge >= 0.3 is 5.82 Å². The lowest BCUT2D eigenvalue weighted by molar-refractivity contribution is -0.391. The average Bonchev–Trinajstić information content (AvgIpc) is 2.96. The first-order chi connectivity index (χ1) is 10.4. The Hall–Kier alpha value is -2.22. The van der Waals surface area contributed by atoms with Gasteiger partial charge in [0, 0.05) is 24.7 Å². The first-order valence-corrected chi connectivity index (χ1v) is 7.21. The van der Waals surface area contributed by atoms with Gasteiger partial charge in [-0.3, -0.25) is 4.79 Å². The Bertz CT molecular complexity index is 606. The molecule has 8 heteroatoms. The molecule has 0 radical (unpaired) electrons. The predicted octanol–water partition coefficient (Wildman–Crippen LogP) is 0.896. The molecule has 120 valence electrons. The lowest BCUT2D eigenvalue weighted by Crippen LogP contribution is -2.28. The van der Waals surface area contributed by atoms with E-state index in [4.69, 9.17) is 0 Å². The number of rotatable bonds is 6. The zero-order chi connectivity index (χ0) is 16.3. The molecule has 0 atom stereocenters. The normalized spacial score (nSPS) is 17.0.